The number of aromatic nitrogens is 1. The maximum absolute atomic E-state index is 12.5. The van der Waals surface area contributed by atoms with E-state index < -0.39 is 22.0 Å². The first-order chi connectivity index (χ1) is 14.1. The van der Waals surface area contributed by atoms with Crippen LogP contribution in [0.2, 0.25) is 5.02 Å². The van der Waals surface area contributed by atoms with Crippen LogP contribution in [0.15, 0.2) is 65.7 Å². The third kappa shape index (κ3) is 5.26. The quantitative estimate of drug-likeness (QED) is 0.530. The summed E-state index contributed by atoms with van der Waals surface area (Å²) in [5.41, 5.74) is 7.25. The first-order valence-corrected chi connectivity index (χ1v) is 10.7. The van der Waals surface area contributed by atoms with Gasteiger partial charge in [0.1, 0.15) is 6.10 Å². The topological polar surface area (TPSA) is 137 Å². The van der Waals surface area contributed by atoms with Crippen LogP contribution in [0.4, 0.5) is 11.5 Å². The molecule has 3 aromatic rings. The lowest BCUT2D eigenvalue weighted by Gasteiger charge is -2.17. The molecule has 0 bridgehead atoms. The number of halogens is 1. The van der Waals surface area contributed by atoms with Crippen molar-refractivity contribution in [3.8, 4) is 5.75 Å². The lowest BCUT2D eigenvalue weighted by molar-refractivity contribution is 0.102. The van der Waals surface area contributed by atoms with Gasteiger partial charge >= 0.3 is 0 Å². The van der Waals surface area contributed by atoms with E-state index >= 15 is 0 Å². The molecular formula is C20H19ClN4O4S. The molecule has 0 aliphatic heterocycles. The lowest BCUT2D eigenvalue weighted by atomic mass is 10.1. The number of primary sulfonamides is 1. The Morgan fingerprint density at radius 1 is 1.17 bits per heavy atom. The number of nitrogens with zero attached hydrogens (tertiary/aromatic N) is 1. The number of pyridine rings is 1. The molecule has 3 rings (SSSR count). The molecule has 1 heterocycles. The van der Waals surface area contributed by atoms with E-state index in [9.17, 15) is 13.2 Å². The van der Waals surface area contributed by atoms with Crippen molar-refractivity contribution in [2.75, 3.05) is 11.1 Å². The van der Waals surface area contributed by atoms with Gasteiger partial charge in [-0.3, -0.25) is 4.79 Å². The summed E-state index contributed by atoms with van der Waals surface area (Å²) in [6, 6.07) is 14.1. The van der Waals surface area contributed by atoms with Crippen molar-refractivity contribution in [2.24, 2.45) is 5.14 Å². The van der Waals surface area contributed by atoms with Crippen molar-refractivity contribution in [3.63, 3.8) is 0 Å². The fourth-order valence-corrected chi connectivity index (χ4v) is 3.38. The van der Waals surface area contributed by atoms with E-state index in [1.165, 1.54) is 30.5 Å². The highest BCUT2D eigenvalue weighted by Gasteiger charge is 2.14. The molecule has 1 amide bonds. The number of anilines is 2. The van der Waals surface area contributed by atoms with E-state index in [-0.39, 0.29) is 16.3 Å². The molecule has 0 saturated carbocycles. The highest BCUT2D eigenvalue weighted by molar-refractivity contribution is 7.89. The minimum atomic E-state index is -3.91. The number of ether oxygens (including phenoxy) is 1. The van der Waals surface area contributed by atoms with Gasteiger partial charge in [-0.2, -0.15) is 0 Å². The van der Waals surface area contributed by atoms with Gasteiger partial charge in [-0.1, -0.05) is 29.8 Å². The summed E-state index contributed by atoms with van der Waals surface area (Å²) in [7, 11) is -3.91. The molecular weight excluding hydrogens is 428 g/mol. The second kappa shape index (κ2) is 8.70. The molecule has 1 atom stereocenters. The number of rotatable bonds is 6. The van der Waals surface area contributed by atoms with Crippen LogP contribution < -0.4 is 20.9 Å². The zero-order chi connectivity index (χ0) is 21.9. The Morgan fingerprint density at radius 3 is 2.63 bits per heavy atom. The van der Waals surface area contributed by atoms with Gasteiger partial charge in [-0.15, -0.1) is 0 Å². The van der Waals surface area contributed by atoms with Crippen molar-refractivity contribution in [1.82, 2.24) is 4.98 Å². The molecule has 1 aromatic heterocycles. The van der Waals surface area contributed by atoms with Crippen molar-refractivity contribution >= 4 is 39.0 Å². The monoisotopic (exact) mass is 446 g/mol. The third-order valence-corrected chi connectivity index (χ3v) is 5.31. The summed E-state index contributed by atoms with van der Waals surface area (Å²) in [6.07, 6.45) is 1.02. The van der Waals surface area contributed by atoms with Crippen molar-refractivity contribution in [3.05, 3.63) is 76.9 Å². The lowest BCUT2D eigenvalue weighted by Crippen LogP contribution is -2.16. The second-order valence-electron chi connectivity index (χ2n) is 6.45. The smallest absolute Gasteiger partial charge is 0.255 e. The Hall–Kier alpha value is -3.14. The molecule has 0 aliphatic rings. The average molecular weight is 447 g/mol. The van der Waals surface area contributed by atoms with Crippen LogP contribution in [0, 0.1) is 0 Å². The summed E-state index contributed by atoms with van der Waals surface area (Å²) >= 11 is 5.94. The van der Waals surface area contributed by atoms with Gasteiger partial charge in [0.25, 0.3) is 5.91 Å². The molecule has 2 aromatic carbocycles. The van der Waals surface area contributed by atoms with Crippen LogP contribution in [-0.4, -0.2) is 19.3 Å². The minimum Gasteiger partial charge on any atom is -0.482 e. The van der Waals surface area contributed by atoms with Gasteiger partial charge < -0.3 is 15.8 Å². The number of nitrogen functional groups attached to an aromatic ring is 1. The molecule has 0 unspecified atom stereocenters. The molecule has 8 nitrogen and oxygen atoms in total. The summed E-state index contributed by atoms with van der Waals surface area (Å²) in [4.78, 5) is 16.3. The number of hydrogen-bond donors (Lipinski definition) is 3. The molecule has 156 valence electrons. The summed E-state index contributed by atoms with van der Waals surface area (Å²) in [5, 5.41) is 8.25. The number of carbonyl (C=O) groups excluding carboxylic acids is 1. The Bertz CT molecular complexity index is 1200. The zero-order valence-corrected chi connectivity index (χ0v) is 17.4. The molecule has 10 heteroatoms. The predicted octanol–water partition coefficient (Wildman–Crippen LogP) is 3.36. The molecule has 0 aliphatic carbocycles. The van der Waals surface area contributed by atoms with Gasteiger partial charge in [-0.25, -0.2) is 18.5 Å². The fraction of sp³-hybridized carbons (Fsp3) is 0.100. The third-order valence-electron chi connectivity index (χ3n) is 4.19. The summed E-state index contributed by atoms with van der Waals surface area (Å²) < 4.78 is 28.8. The maximum Gasteiger partial charge on any atom is 0.255 e. The largest absolute Gasteiger partial charge is 0.482 e. The van der Waals surface area contributed by atoms with E-state index in [0.717, 1.165) is 5.56 Å². The molecule has 30 heavy (non-hydrogen) atoms. The van der Waals surface area contributed by atoms with E-state index in [2.05, 4.69) is 10.3 Å². The Kier molecular flexibility index (Phi) is 6.25. The van der Waals surface area contributed by atoms with Crippen LogP contribution >= 0.6 is 11.6 Å². The highest BCUT2D eigenvalue weighted by atomic mass is 35.5. The minimum absolute atomic E-state index is 0.140. The number of sulfonamides is 1. The van der Waals surface area contributed by atoms with Gasteiger partial charge in [0.2, 0.25) is 10.0 Å². The summed E-state index contributed by atoms with van der Waals surface area (Å²) in [6.45, 7) is 1.82. The molecule has 5 N–H and O–H groups in total. The number of benzene rings is 2. The van der Waals surface area contributed by atoms with Crippen molar-refractivity contribution < 1.29 is 17.9 Å². The Balaban J connectivity index is 1.77. The number of hydrogen-bond acceptors (Lipinski definition) is 6. The van der Waals surface area contributed by atoms with Crippen LogP contribution in [-0.2, 0) is 10.0 Å². The van der Waals surface area contributed by atoms with Crippen molar-refractivity contribution in [1.29, 1.82) is 0 Å². The average Bonchev–Trinajstić information content (AvgIpc) is 2.70. The van der Waals surface area contributed by atoms with E-state index in [1.807, 2.05) is 13.0 Å². The summed E-state index contributed by atoms with van der Waals surface area (Å²) in [5.74, 6) is 0.0872. The van der Waals surface area contributed by atoms with Crippen LogP contribution in [0.3, 0.4) is 0 Å². The molecule has 0 saturated heterocycles. The zero-order valence-electron chi connectivity index (χ0n) is 15.9. The first-order valence-electron chi connectivity index (χ1n) is 8.75. The Labute approximate surface area is 178 Å². The van der Waals surface area contributed by atoms with Gasteiger partial charge in [-0.05, 0) is 42.8 Å². The fourth-order valence-electron chi connectivity index (χ4n) is 2.67. The van der Waals surface area contributed by atoms with Crippen LogP contribution in [0.1, 0.15) is 28.9 Å². The molecule has 0 fully saturated rings. The van der Waals surface area contributed by atoms with Gasteiger partial charge in [0, 0.05) is 23.5 Å². The number of amides is 1. The standard InChI is InChI=1S/C20H19ClN4O4S/c1-12(29-18-10-15(21)11-24-19(18)22)13-4-2-6-16(8-13)25-20(26)14-5-3-7-17(9-14)30(23,27)28/h2-12H,1H3,(H2,22,24)(H,25,26)(H2,23,27,28)/t12-/m1/s1. The normalized spacial score (nSPS) is 12.2. The van der Waals surface area contributed by atoms with Gasteiger partial charge in [0.05, 0.1) is 9.92 Å². The number of carbonyl (C=O) groups is 1. The van der Waals surface area contributed by atoms with Crippen molar-refractivity contribution in [2.45, 2.75) is 17.9 Å². The number of nitrogens with two attached hydrogens (primary N) is 2. The first kappa shape index (κ1) is 21.6. The predicted molar refractivity (Wildman–Crippen MR) is 115 cm³/mol. The SMILES string of the molecule is C[C@@H](Oc1cc(Cl)cnc1N)c1cccc(NC(=O)c2cccc(S(N)(=O)=O)c2)c1. The van der Waals surface area contributed by atoms with Crippen LogP contribution in [0.25, 0.3) is 0 Å². The Morgan fingerprint density at radius 2 is 1.90 bits per heavy atom. The van der Waals surface area contributed by atoms with Crippen LogP contribution in [0.5, 0.6) is 5.75 Å². The van der Waals surface area contributed by atoms with Gasteiger partial charge in [0.15, 0.2) is 11.6 Å². The molecule has 0 radical (unpaired) electrons. The number of nitrogens with one attached hydrogen (secondary N) is 1. The maximum atomic E-state index is 12.5. The highest BCUT2D eigenvalue weighted by Crippen LogP contribution is 2.29. The molecule has 0 spiro atoms. The van der Waals surface area contributed by atoms with E-state index in [0.29, 0.717) is 16.5 Å². The van der Waals surface area contributed by atoms with E-state index in [1.54, 1.807) is 24.3 Å². The second-order valence-corrected chi connectivity index (χ2v) is 8.45. The van der Waals surface area contributed by atoms with E-state index in [4.69, 9.17) is 27.2 Å².